The van der Waals surface area contributed by atoms with Crippen LogP contribution in [0.25, 0.3) is 0 Å². The number of para-hydroxylation sites is 1. The van der Waals surface area contributed by atoms with Crippen LogP contribution in [0, 0.1) is 0 Å². The molecule has 4 heteroatoms. The van der Waals surface area contributed by atoms with Gasteiger partial charge in [0.25, 0.3) is 0 Å². The van der Waals surface area contributed by atoms with Crippen molar-refractivity contribution in [3.63, 3.8) is 0 Å². The average Bonchev–Trinajstić information content (AvgIpc) is 2.84. The molecule has 2 amide bonds. The molecule has 0 aromatic heterocycles. The number of anilines is 1. The molecule has 0 saturated carbocycles. The van der Waals surface area contributed by atoms with E-state index >= 15 is 0 Å². The third kappa shape index (κ3) is 1.82. The van der Waals surface area contributed by atoms with E-state index in [-0.39, 0.29) is 11.6 Å². The SMILES string of the molecule is CC(C)[N+]1(C)CC1(C)c1ccccc1NC([NH3+])=O. The monoisotopic (exact) mass is 249 g/mol. The summed E-state index contributed by atoms with van der Waals surface area (Å²) >= 11 is 0. The van der Waals surface area contributed by atoms with Gasteiger partial charge in [-0.25, -0.2) is 4.79 Å². The van der Waals surface area contributed by atoms with E-state index in [1.54, 1.807) is 0 Å². The maximum absolute atomic E-state index is 11.2. The molecular formula is C14H23N3O+2. The summed E-state index contributed by atoms with van der Waals surface area (Å²) in [5.74, 6) is 0. The molecule has 1 aliphatic rings. The summed E-state index contributed by atoms with van der Waals surface area (Å²) in [6, 6.07) is 8.34. The molecule has 0 radical (unpaired) electrons. The van der Waals surface area contributed by atoms with Crippen LogP contribution in [0.3, 0.4) is 0 Å². The van der Waals surface area contributed by atoms with Gasteiger partial charge in [0.2, 0.25) is 0 Å². The second-order valence-corrected chi connectivity index (χ2v) is 5.89. The van der Waals surface area contributed by atoms with Gasteiger partial charge in [0.05, 0.1) is 18.8 Å². The Morgan fingerprint density at radius 2 is 2.06 bits per heavy atom. The molecule has 18 heavy (non-hydrogen) atoms. The largest absolute Gasteiger partial charge is 0.416 e. The Labute approximate surface area is 108 Å². The topological polar surface area (TPSA) is 56.7 Å². The fourth-order valence-corrected chi connectivity index (χ4v) is 2.93. The summed E-state index contributed by atoms with van der Waals surface area (Å²) in [5, 5.41) is 2.84. The number of urea groups is 1. The number of nitrogens with one attached hydrogen (secondary N) is 1. The minimum atomic E-state index is -0.259. The second kappa shape index (κ2) is 4.07. The number of quaternary nitrogens is 2. The number of rotatable bonds is 3. The van der Waals surface area contributed by atoms with Gasteiger partial charge in [-0.3, -0.25) is 11.1 Å². The Kier molecular flexibility index (Phi) is 2.95. The minimum absolute atomic E-state index is 0.0905. The molecule has 1 aliphatic heterocycles. The van der Waals surface area contributed by atoms with Crippen LogP contribution in [0.1, 0.15) is 26.3 Å². The summed E-state index contributed by atoms with van der Waals surface area (Å²) in [4.78, 5) is 11.2. The van der Waals surface area contributed by atoms with Crippen molar-refractivity contribution in [1.82, 2.24) is 0 Å². The number of benzene rings is 1. The highest BCUT2D eigenvalue weighted by Gasteiger charge is 2.66. The molecule has 0 bridgehead atoms. The predicted molar refractivity (Wildman–Crippen MR) is 71.9 cm³/mol. The molecule has 2 rings (SSSR count). The fraction of sp³-hybridized carbons (Fsp3) is 0.500. The molecule has 1 heterocycles. The molecule has 2 unspecified atom stereocenters. The number of amides is 2. The molecular weight excluding hydrogens is 226 g/mol. The average molecular weight is 249 g/mol. The van der Waals surface area contributed by atoms with Crippen molar-refractivity contribution in [2.24, 2.45) is 0 Å². The van der Waals surface area contributed by atoms with E-state index in [0.29, 0.717) is 6.04 Å². The van der Waals surface area contributed by atoms with Crippen LogP contribution < -0.4 is 11.1 Å². The van der Waals surface area contributed by atoms with Gasteiger partial charge in [-0.15, -0.1) is 0 Å². The molecule has 1 saturated heterocycles. The Hall–Kier alpha value is -1.39. The van der Waals surface area contributed by atoms with Crippen molar-refractivity contribution in [3.05, 3.63) is 29.8 Å². The number of carbonyl (C=O) groups excluding carboxylic acids is 1. The highest BCUT2D eigenvalue weighted by molar-refractivity contribution is 5.82. The number of hydrogen-bond acceptors (Lipinski definition) is 1. The minimum Gasteiger partial charge on any atom is -0.305 e. The zero-order chi connectivity index (χ0) is 13.6. The molecule has 4 nitrogen and oxygen atoms in total. The first-order chi connectivity index (χ1) is 8.31. The Balaban J connectivity index is 2.39. The van der Waals surface area contributed by atoms with E-state index in [1.807, 2.05) is 18.2 Å². The zero-order valence-electron chi connectivity index (χ0n) is 11.7. The Morgan fingerprint density at radius 3 is 2.56 bits per heavy atom. The number of carbonyl (C=O) groups is 1. The first-order valence-electron chi connectivity index (χ1n) is 6.39. The van der Waals surface area contributed by atoms with Gasteiger partial charge in [0.1, 0.15) is 6.54 Å². The quantitative estimate of drug-likeness (QED) is 0.619. The number of hydrogen-bond donors (Lipinski definition) is 2. The Morgan fingerprint density at radius 1 is 1.44 bits per heavy atom. The maximum Gasteiger partial charge on any atom is 0.416 e. The lowest BCUT2D eigenvalue weighted by Gasteiger charge is -2.25. The first kappa shape index (κ1) is 13.1. The van der Waals surface area contributed by atoms with Gasteiger partial charge >= 0.3 is 6.03 Å². The van der Waals surface area contributed by atoms with Crippen LogP contribution in [-0.4, -0.2) is 30.1 Å². The highest BCUT2D eigenvalue weighted by atomic mass is 16.2. The van der Waals surface area contributed by atoms with Crippen LogP contribution in [-0.2, 0) is 5.54 Å². The van der Waals surface area contributed by atoms with Crippen molar-refractivity contribution < 1.29 is 15.0 Å². The maximum atomic E-state index is 11.2. The standard InChI is InChI=1S/C14H21N3O/c1-10(2)17(4)9-14(17,3)11-7-5-6-8-12(11)16-13(15)18/h5-8,10H,9H2,1-4H3,(H2-,15,16,18)/p+2. The predicted octanol–water partition coefficient (Wildman–Crippen LogP) is 1.54. The van der Waals surface area contributed by atoms with Crippen molar-refractivity contribution in [3.8, 4) is 0 Å². The lowest BCUT2D eigenvalue weighted by molar-refractivity contribution is -0.835. The van der Waals surface area contributed by atoms with Crippen molar-refractivity contribution in [1.29, 1.82) is 0 Å². The summed E-state index contributed by atoms with van der Waals surface area (Å²) in [7, 11) is 2.27. The van der Waals surface area contributed by atoms with E-state index in [9.17, 15) is 4.79 Å². The van der Waals surface area contributed by atoms with Gasteiger partial charge in [0.15, 0.2) is 5.54 Å². The summed E-state index contributed by atoms with van der Waals surface area (Å²) in [6.45, 7) is 7.86. The highest BCUT2D eigenvalue weighted by Crippen LogP contribution is 2.53. The normalized spacial score (nSPS) is 30.3. The Bertz CT molecular complexity index is 486. The van der Waals surface area contributed by atoms with Gasteiger partial charge in [-0.1, -0.05) is 18.2 Å². The van der Waals surface area contributed by atoms with Gasteiger partial charge < -0.3 is 4.48 Å². The van der Waals surface area contributed by atoms with Crippen LogP contribution in [0.4, 0.5) is 10.5 Å². The molecule has 1 fully saturated rings. The molecule has 2 atom stereocenters. The van der Waals surface area contributed by atoms with Crippen LogP contribution >= 0.6 is 0 Å². The molecule has 98 valence electrons. The van der Waals surface area contributed by atoms with E-state index in [4.69, 9.17) is 0 Å². The van der Waals surface area contributed by atoms with Crippen LogP contribution in [0.5, 0.6) is 0 Å². The van der Waals surface area contributed by atoms with Gasteiger partial charge in [-0.05, 0) is 19.9 Å². The van der Waals surface area contributed by atoms with Crippen molar-refractivity contribution in [2.45, 2.75) is 32.4 Å². The fourth-order valence-electron chi connectivity index (χ4n) is 2.93. The summed E-state index contributed by atoms with van der Waals surface area (Å²) < 4.78 is 1.01. The third-order valence-corrected chi connectivity index (χ3v) is 4.58. The molecule has 1 aromatic rings. The van der Waals surface area contributed by atoms with E-state index in [0.717, 1.165) is 16.7 Å². The number of likely N-dealkylation sites (N-methyl/N-ethyl adjacent to an activating group) is 1. The molecule has 0 aliphatic carbocycles. The van der Waals surface area contributed by atoms with E-state index in [1.165, 1.54) is 5.56 Å². The van der Waals surface area contributed by atoms with Crippen LogP contribution in [0.2, 0.25) is 0 Å². The van der Waals surface area contributed by atoms with Crippen molar-refractivity contribution in [2.75, 3.05) is 18.9 Å². The lowest BCUT2D eigenvalue weighted by atomic mass is 9.98. The lowest BCUT2D eigenvalue weighted by Crippen LogP contribution is -2.59. The summed E-state index contributed by atoms with van der Waals surface area (Å²) in [6.07, 6.45) is 0. The van der Waals surface area contributed by atoms with Gasteiger partial charge in [0, 0.05) is 12.5 Å². The smallest absolute Gasteiger partial charge is 0.305 e. The number of nitrogens with zero attached hydrogens (tertiary/aromatic N) is 1. The van der Waals surface area contributed by atoms with Gasteiger partial charge in [-0.2, -0.15) is 0 Å². The van der Waals surface area contributed by atoms with Crippen molar-refractivity contribution >= 4 is 11.7 Å². The molecule has 1 aromatic carbocycles. The molecule has 4 N–H and O–H groups in total. The summed E-state index contributed by atoms with van der Waals surface area (Å²) in [5.41, 5.74) is 5.58. The van der Waals surface area contributed by atoms with E-state index < -0.39 is 0 Å². The first-order valence-corrected chi connectivity index (χ1v) is 6.39. The molecule has 0 spiro atoms. The third-order valence-electron chi connectivity index (χ3n) is 4.58. The van der Waals surface area contributed by atoms with Crippen LogP contribution in [0.15, 0.2) is 24.3 Å². The second-order valence-electron chi connectivity index (χ2n) is 5.89. The zero-order valence-corrected chi connectivity index (χ0v) is 11.7. The van der Waals surface area contributed by atoms with E-state index in [2.05, 4.69) is 44.9 Å².